The number of carbonyl (C=O) groups is 3. The number of carbonyl (C=O) groups excluding carboxylic acids is 3. The molecule has 1 amide bonds. The van der Waals surface area contributed by atoms with Crippen molar-refractivity contribution in [3.8, 4) is 0 Å². The van der Waals surface area contributed by atoms with Gasteiger partial charge in [-0.3, -0.25) is 18.9 Å². The fraction of sp³-hybridized carbons (Fsp3) is 0.167. The standard InChI is InChI=1S/C18H15NO6S/c1-2-14(26(23,24)25)18(22)19-13-9-5-8-12-15(13)17(21)11-7-4-3-6-10(11)16(12)20/h3-9,14H,2H2,1H3,(H,19,22)(H,23,24,25)/t14-/m1/s1. The molecule has 3 rings (SSSR count). The van der Waals surface area contributed by atoms with Crippen LogP contribution in [0.1, 0.15) is 45.2 Å². The average Bonchev–Trinajstić information content (AvgIpc) is 2.59. The van der Waals surface area contributed by atoms with Crippen LogP contribution < -0.4 is 5.32 Å². The van der Waals surface area contributed by atoms with E-state index in [-0.39, 0.29) is 40.1 Å². The second kappa shape index (κ2) is 6.47. The second-order valence-electron chi connectivity index (χ2n) is 5.83. The molecule has 1 aliphatic rings. The molecule has 0 heterocycles. The van der Waals surface area contributed by atoms with Crippen molar-refractivity contribution in [3.05, 3.63) is 64.7 Å². The van der Waals surface area contributed by atoms with Crippen LogP contribution in [0, 0.1) is 0 Å². The Balaban J connectivity index is 2.06. The van der Waals surface area contributed by atoms with Crippen molar-refractivity contribution in [1.82, 2.24) is 0 Å². The number of nitrogens with one attached hydrogen (secondary N) is 1. The van der Waals surface area contributed by atoms with Crippen LogP contribution in [-0.4, -0.2) is 35.7 Å². The molecule has 0 unspecified atom stereocenters. The highest BCUT2D eigenvalue weighted by Crippen LogP contribution is 2.32. The first-order valence-electron chi connectivity index (χ1n) is 7.84. The maximum absolute atomic E-state index is 12.8. The van der Waals surface area contributed by atoms with E-state index in [9.17, 15) is 27.4 Å². The summed E-state index contributed by atoms with van der Waals surface area (Å²) in [4.78, 5) is 37.7. The van der Waals surface area contributed by atoms with Crippen LogP contribution in [0.4, 0.5) is 5.69 Å². The third kappa shape index (κ3) is 2.93. The van der Waals surface area contributed by atoms with Crippen molar-refractivity contribution in [2.45, 2.75) is 18.6 Å². The second-order valence-corrected chi connectivity index (χ2v) is 7.43. The third-order valence-corrected chi connectivity index (χ3v) is 5.50. The predicted octanol–water partition coefficient (Wildman–Crippen LogP) is 2.07. The maximum Gasteiger partial charge on any atom is 0.276 e. The van der Waals surface area contributed by atoms with Crippen molar-refractivity contribution in [3.63, 3.8) is 0 Å². The number of hydrogen-bond acceptors (Lipinski definition) is 5. The molecule has 7 nitrogen and oxygen atoms in total. The fourth-order valence-electron chi connectivity index (χ4n) is 2.99. The van der Waals surface area contributed by atoms with Gasteiger partial charge in [-0.2, -0.15) is 8.42 Å². The molecule has 1 atom stereocenters. The highest BCUT2D eigenvalue weighted by molar-refractivity contribution is 7.87. The SMILES string of the molecule is CC[C@H](C(=O)Nc1cccc2c1C(=O)c1ccccc1C2=O)S(=O)(=O)O. The zero-order valence-electron chi connectivity index (χ0n) is 13.7. The molecule has 8 heteroatoms. The lowest BCUT2D eigenvalue weighted by atomic mass is 9.83. The molecule has 0 fully saturated rings. The van der Waals surface area contributed by atoms with Gasteiger partial charge < -0.3 is 5.32 Å². The number of ketones is 2. The average molecular weight is 373 g/mol. The summed E-state index contributed by atoms with van der Waals surface area (Å²) < 4.78 is 31.9. The summed E-state index contributed by atoms with van der Waals surface area (Å²) >= 11 is 0. The van der Waals surface area contributed by atoms with E-state index in [1.165, 1.54) is 31.2 Å². The molecule has 2 N–H and O–H groups in total. The van der Waals surface area contributed by atoms with Gasteiger partial charge in [0.05, 0.1) is 11.3 Å². The van der Waals surface area contributed by atoms with Crippen molar-refractivity contribution in [2.75, 3.05) is 5.32 Å². The lowest BCUT2D eigenvalue weighted by Crippen LogP contribution is -2.35. The predicted molar refractivity (Wildman–Crippen MR) is 94.0 cm³/mol. The lowest BCUT2D eigenvalue weighted by Gasteiger charge is -2.21. The van der Waals surface area contributed by atoms with Gasteiger partial charge >= 0.3 is 0 Å². The lowest BCUT2D eigenvalue weighted by molar-refractivity contribution is -0.116. The van der Waals surface area contributed by atoms with E-state index in [4.69, 9.17) is 0 Å². The van der Waals surface area contributed by atoms with Crippen LogP contribution in [0.3, 0.4) is 0 Å². The molecule has 2 aromatic rings. The first-order chi connectivity index (χ1) is 12.3. The van der Waals surface area contributed by atoms with Gasteiger partial charge in [-0.15, -0.1) is 0 Å². The summed E-state index contributed by atoms with van der Waals surface area (Å²) in [6, 6.07) is 10.7. The summed E-state index contributed by atoms with van der Waals surface area (Å²) in [5.41, 5.74) is 0.662. The van der Waals surface area contributed by atoms with E-state index in [1.54, 1.807) is 18.2 Å². The summed E-state index contributed by atoms with van der Waals surface area (Å²) in [6.45, 7) is 1.43. The molecule has 26 heavy (non-hydrogen) atoms. The number of rotatable bonds is 4. The topological polar surface area (TPSA) is 118 Å². The van der Waals surface area contributed by atoms with E-state index < -0.39 is 27.1 Å². The summed E-state index contributed by atoms with van der Waals surface area (Å²) in [7, 11) is -4.59. The minimum atomic E-state index is -4.59. The Hall–Kier alpha value is -2.84. The van der Waals surface area contributed by atoms with Gasteiger partial charge in [-0.1, -0.05) is 43.3 Å². The van der Waals surface area contributed by atoms with Crippen LogP contribution >= 0.6 is 0 Å². The molecule has 1 aliphatic carbocycles. The zero-order chi connectivity index (χ0) is 19.1. The third-order valence-electron chi connectivity index (χ3n) is 4.23. The van der Waals surface area contributed by atoms with Gasteiger partial charge in [-0.25, -0.2) is 0 Å². The molecule has 0 spiro atoms. The van der Waals surface area contributed by atoms with Crippen molar-refractivity contribution >= 4 is 33.3 Å². The molecule has 0 radical (unpaired) electrons. The minimum Gasteiger partial charge on any atom is -0.324 e. The van der Waals surface area contributed by atoms with Crippen LogP contribution in [-0.2, 0) is 14.9 Å². The normalized spacial score (nSPS) is 14.4. The van der Waals surface area contributed by atoms with Gasteiger partial charge in [0.15, 0.2) is 16.8 Å². The van der Waals surface area contributed by atoms with Gasteiger partial charge in [0.1, 0.15) is 0 Å². The Morgan fingerprint density at radius 1 is 1.00 bits per heavy atom. The molecule has 0 aliphatic heterocycles. The zero-order valence-corrected chi connectivity index (χ0v) is 14.5. The number of hydrogen-bond donors (Lipinski definition) is 2. The van der Waals surface area contributed by atoms with E-state index in [1.807, 2.05) is 0 Å². The smallest absolute Gasteiger partial charge is 0.276 e. The molecular formula is C18H15NO6S. The van der Waals surface area contributed by atoms with Crippen LogP contribution in [0.25, 0.3) is 0 Å². The van der Waals surface area contributed by atoms with E-state index >= 15 is 0 Å². The monoisotopic (exact) mass is 373 g/mol. The van der Waals surface area contributed by atoms with E-state index in [0.29, 0.717) is 0 Å². The van der Waals surface area contributed by atoms with Gasteiger partial charge in [0.25, 0.3) is 10.1 Å². The quantitative estimate of drug-likeness (QED) is 0.676. The Bertz CT molecular complexity index is 1040. The fourth-order valence-corrected chi connectivity index (χ4v) is 3.74. The van der Waals surface area contributed by atoms with Crippen LogP contribution in [0.5, 0.6) is 0 Å². The van der Waals surface area contributed by atoms with Gasteiger partial charge in [-0.05, 0) is 12.5 Å². The number of fused-ring (bicyclic) bond motifs is 2. The summed E-state index contributed by atoms with van der Waals surface area (Å²) in [5, 5.41) is 0.692. The molecule has 0 saturated carbocycles. The number of anilines is 1. The van der Waals surface area contributed by atoms with E-state index in [2.05, 4.69) is 5.32 Å². The Kier molecular flexibility index (Phi) is 4.47. The Morgan fingerprint density at radius 3 is 2.15 bits per heavy atom. The minimum absolute atomic E-state index is 0.00902. The van der Waals surface area contributed by atoms with Crippen molar-refractivity contribution in [1.29, 1.82) is 0 Å². The molecule has 134 valence electrons. The van der Waals surface area contributed by atoms with Gasteiger partial charge in [0, 0.05) is 16.7 Å². The van der Waals surface area contributed by atoms with E-state index in [0.717, 1.165) is 0 Å². The number of benzene rings is 2. The van der Waals surface area contributed by atoms with Crippen LogP contribution in [0.15, 0.2) is 42.5 Å². The maximum atomic E-state index is 12.8. The molecule has 2 aromatic carbocycles. The highest BCUT2D eigenvalue weighted by Gasteiger charge is 2.34. The molecular weight excluding hydrogens is 358 g/mol. The Labute approximate surface area is 149 Å². The summed E-state index contributed by atoms with van der Waals surface area (Å²) in [5.74, 6) is -1.76. The van der Waals surface area contributed by atoms with Crippen molar-refractivity contribution in [2.24, 2.45) is 0 Å². The first kappa shape index (κ1) is 18.0. The highest BCUT2D eigenvalue weighted by atomic mass is 32.2. The van der Waals surface area contributed by atoms with Crippen LogP contribution in [0.2, 0.25) is 0 Å². The molecule has 0 saturated heterocycles. The Morgan fingerprint density at radius 2 is 1.58 bits per heavy atom. The first-order valence-corrected chi connectivity index (χ1v) is 9.34. The largest absolute Gasteiger partial charge is 0.324 e. The van der Waals surface area contributed by atoms with Gasteiger partial charge in [0.2, 0.25) is 5.91 Å². The summed E-state index contributed by atoms with van der Waals surface area (Å²) in [6.07, 6.45) is -0.143. The molecule has 0 aromatic heterocycles. The number of amides is 1. The molecule has 0 bridgehead atoms. The van der Waals surface area contributed by atoms with Crippen molar-refractivity contribution < 1.29 is 27.4 Å².